The Balaban J connectivity index is 1.72. The Hall–Kier alpha value is -1.98. The number of carboxylic acid groups (broad SMARTS) is 1. The standard InChI is InChI=1S/C29H40O4S/c1-20-17-23(18-21(2)27(20)33-29(3,4)28(30)31)11-16-26(24-12-14-25(34-5)15-13-24)32-19-22-9-7-6-8-10-22/h12-15,17-18,22,26H,6-11,16,19H2,1-5H3,(H,30,31). The molecule has 1 fully saturated rings. The molecule has 2 aromatic carbocycles. The molecule has 34 heavy (non-hydrogen) atoms. The second-order valence-corrected chi connectivity index (χ2v) is 11.0. The van der Waals surface area contributed by atoms with E-state index >= 15 is 0 Å². The quantitative estimate of drug-likeness (QED) is 0.334. The summed E-state index contributed by atoms with van der Waals surface area (Å²) in [6, 6.07) is 13.0. The summed E-state index contributed by atoms with van der Waals surface area (Å²) in [6.45, 7) is 7.98. The number of benzene rings is 2. The molecule has 1 saturated carbocycles. The summed E-state index contributed by atoms with van der Waals surface area (Å²) in [5, 5.41) is 9.43. The van der Waals surface area contributed by atoms with Crippen molar-refractivity contribution in [2.24, 2.45) is 5.92 Å². The molecule has 1 aliphatic carbocycles. The minimum absolute atomic E-state index is 0.0697. The molecule has 1 aliphatic rings. The number of aliphatic carboxylic acids is 1. The Bertz CT molecular complexity index is 922. The van der Waals surface area contributed by atoms with Crippen LogP contribution >= 0.6 is 11.8 Å². The third-order valence-corrected chi connectivity index (χ3v) is 7.58. The van der Waals surface area contributed by atoms with Crippen LogP contribution in [0, 0.1) is 19.8 Å². The summed E-state index contributed by atoms with van der Waals surface area (Å²) < 4.78 is 12.4. The van der Waals surface area contributed by atoms with Crippen molar-refractivity contribution in [2.45, 2.75) is 89.2 Å². The van der Waals surface area contributed by atoms with Crippen LogP contribution in [-0.4, -0.2) is 29.5 Å². The van der Waals surface area contributed by atoms with E-state index in [-0.39, 0.29) is 6.10 Å². The lowest BCUT2D eigenvalue weighted by Gasteiger charge is -2.26. The molecule has 0 bridgehead atoms. The van der Waals surface area contributed by atoms with Gasteiger partial charge in [0.15, 0.2) is 5.60 Å². The zero-order valence-corrected chi connectivity index (χ0v) is 22.2. The predicted molar refractivity (Wildman–Crippen MR) is 140 cm³/mol. The maximum atomic E-state index is 11.5. The highest BCUT2D eigenvalue weighted by molar-refractivity contribution is 7.98. The van der Waals surface area contributed by atoms with Gasteiger partial charge in [-0.15, -0.1) is 11.8 Å². The summed E-state index contributed by atoms with van der Waals surface area (Å²) in [5.74, 6) is 0.370. The molecule has 0 radical (unpaired) electrons. The molecule has 1 N–H and O–H groups in total. The highest BCUT2D eigenvalue weighted by Gasteiger charge is 2.30. The van der Waals surface area contributed by atoms with Gasteiger partial charge < -0.3 is 14.6 Å². The predicted octanol–water partition coefficient (Wildman–Crippen LogP) is 7.54. The van der Waals surface area contributed by atoms with Crippen molar-refractivity contribution in [1.82, 2.24) is 0 Å². The maximum absolute atomic E-state index is 11.5. The van der Waals surface area contributed by atoms with Gasteiger partial charge in [0, 0.05) is 4.90 Å². The van der Waals surface area contributed by atoms with Gasteiger partial charge in [0.2, 0.25) is 0 Å². The van der Waals surface area contributed by atoms with E-state index in [2.05, 4.69) is 42.7 Å². The Kier molecular flexibility index (Phi) is 9.49. The van der Waals surface area contributed by atoms with Crippen LogP contribution < -0.4 is 4.74 Å². The fraction of sp³-hybridized carbons (Fsp3) is 0.552. The third-order valence-electron chi connectivity index (χ3n) is 6.83. The molecular formula is C29H40O4S. The first-order chi connectivity index (χ1) is 16.2. The summed E-state index contributed by atoms with van der Waals surface area (Å²) in [7, 11) is 0. The van der Waals surface area contributed by atoms with Crippen molar-refractivity contribution in [2.75, 3.05) is 12.9 Å². The molecule has 0 saturated heterocycles. The van der Waals surface area contributed by atoms with E-state index in [1.807, 2.05) is 13.8 Å². The maximum Gasteiger partial charge on any atom is 0.347 e. The van der Waals surface area contributed by atoms with Gasteiger partial charge in [0.05, 0.1) is 12.7 Å². The van der Waals surface area contributed by atoms with E-state index < -0.39 is 11.6 Å². The monoisotopic (exact) mass is 484 g/mol. The van der Waals surface area contributed by atoms with Gasteiger partial charge in [0.1, 0.15) is 5.75 Å². The Morgan fingerprint density at radius 1 is 1.09 bits per heavy atom. The number of thioether (sulfide) groups is 1. The topological polar surface area (TPSA) is 55.8 Å². The Morgan fingerprint density at radius 2 is 1.71 bits per heavy atom. The second kappa shape index (κ2) is 12.1. The average molecular weight is 485 g/mol. The van der Waals surface area contributed by atoms with Crippen LogP contribution in [0.3, 0.4) is 0 Å². The summed E-state index contributed by atoms with van der Waals surface area (Å²) >= 11 is 1.76. The Labute approximate surface area is 209 Å². The van der Waals surface area contributed by atoms with E-state index in [0.717, 1.165) is 30.6 Å². The van der Waals surface area contributed by atoms with Gasteiger partial charge in [-0.05, 0) is 99.9 Å². The fourth-order valence-corrected chi connectivity index (χ4v) is 5.12. The normalized spacial score (nSPS) is 15.8. The average Bonchev–Trinajstić information content (AvgIpc) is 2.82. The number of aryl methyl sites for hydroxylation is 3. The second-order valence-electron chi connectivity index (χ2n) is 10.1. The van der Waals surface area contributed by atoms with E-state index in [0.29, 0.717) is 11.7 Å². The summed E-state index contributed by atoms with van der Waals surface area (Å²) in [5.41, 5.74) is 3.13. The van der Waals surface area contributed by atoms with Crippen molar-refractivity contribution in [1.29, 1.82) is 0 Å². The molecular weight excluding hydrogens is 444 g/mol. The number of hydrogen-bond donors (Lipinski definition) is 1. The molecule has 0 aromatic heterocycles. The number of carboxylic acids is 1. The largest absolute Gasteiger partial charge is 0.478 e. The van der Waals surface area contributed by atoms with Crippen LogP contribution in [0.5, 0.6) is 5.75 Å². The van der Waals surface area contributed by atoms with Crippen LogP contribution in [0.25, 0.3) is 0 Å². The molecule has 0 spiro atoms. The van der Waals surface area contributed by atoms with Gasteiger partial charge in [-0.2, -0.15) is 0 Å². The summed E-state index contributed by atoms with van der Waals surface area (Å²) in [4.78, 5) is 12.8. The molecule has 1 unspecified atom stereocenters. The first kappa shape index (κ1) is 26.6. The van der Waals surface area contributed by atoms with E-state index in [9.17, 15) is 9.90 Å². The van der Waals surface area contributed by atoms with Crippen molar-refractivity contribution in [3.05, 3.63) is 58.7 Å². The molecule has 2 aromatic rings. The molecule has 3 rings (SSSR count). The highest BCUT2D eigenvalue weighted by atomic mass is 32.2. The first-order valence-corrected chi connectivity index (χ1v) is 13.7. The lowest BCUT2D eigenvalue weighted by atomic mass is 9.90. The molecule has 0 heterocycles. The van der Waals surface area contributed by atoms with Crippen LogP contribution in [0.15, 0.2) is 41.3 Å². The van der Waals surface area contributed by atoms with Crippen LogP contribution in [0.4, 0.5) is 0 Å². The smallest absolute Gasteiger partial charge is 0.347 e. The number of ether oxygens (including phenoxy) is 2. The van der Waals surface area contributed by atoms with E-state index in [4.69, 9.17) is 9.47 Å². The van der Waals surface area contributed by atoms with E-state index in [1.165, 1.54) is 48.1 Å². The zero-order valence-electron chi connectivity index (χ0n) is 21.4. The van der Waals surface area contributed by atoms with Crippen LogP contribution in [-0.2, 0) is 16.0 Å². The fourth-order valence-electron chi connectivity index (χ4n) is 4.71. The minimum Gasteiger partial charge on any atom is -0.478 e. The molecule has 1 atom stereocenters. The summed E-state index contributed by atoms with van der Waals surface area (Å²) in [6.07, 6.45) is 10.5. The number of rotatable bonds is 11. The molecule has 0 aliphatic heterocycles. The lowest BCUT2D eigenvalue weighted by molar-refractivity contribution is -0.152. The number of carbonyl (C=O) groups is 1. The minimum atomic E-state index is -1.27. The lowest BCUT2D eigenvalue weighted by Crippen LogP contribution is -2.38. The van der Waals surface area contributed by atoms with Crippen LogP contribution in [0.2, 0.25) is 0 Å². The SMILES string of the molecule is CSc1ccc(C(CCc2cc(C)c(OC(C)(C)C(=O)O)c(C)c2)OCC2CCCCC2)cc1. The Morgan fingerprint density at radius 3 is 2.26 bits per heavy atom. The van der Waals surface area contributed by atoms with Crippen molar-refractivity contribution in [3.8, 4) is 5.75 Å². The highest BCUT2D eigenvalue weighted by Crippen LogP contribution is 2.32. The van der Waals surface area contributed by atoms with Gasteiger partial charge in [-0.25, -0.2) is 4.79 Å². The van der Waals surface area contributed by atoms with Gasteiger partial charge >= 0.3 is 5.97 Å². The van der Waals surface area contributed by atoms with Crippen molar-refractivity contribution < 1.29 is 19.4 Å². The first-order valence-electron chi connectivity index (χ1n) is 12.5. The molecule has 5 heteroatoms. The van der Waals surface area contributed by atoms with Gasteiger partial charge in [0.25, 0.3) is 0 Å². The molecule has 186 valence electrons. The zero-order chi connectivity index (χ0) is 24.7. The number of hydrogen-bond acceptors (Lipinski definition) is 4. The van der Waals surface area contributed by atoms with Gasteiger partial charge in [-0.3, -0.25) is 0 Å². The van der Waals surface area contributed by atoms with Crippen molar-refractivity contribution in [3.63, 3.8) is 0 Å². The van der Waals surface area contributed by atoms with Crippen molar-refractivity contribution >= 4 is 17.7 Å². The van der Waals surface area contributed by atoms with E-state index in [1.54, 1.807) is 25.6 Å². The van der Waals surface area contributed by atoms with Crippen LogP contribution in [0.1, 0.15) is 80.7 Å². The third kappa shape index (κ3) is 7.26. The molecule has 0 amide bonds. The van der Waals surface area contributed by atoms with Gasteiger partial charge in [-0.1, -0.05) is 43.5 Å². The molecule has 4 nitrogen and oxygen atoms in total.